The van der Waals surface area contributed by atoms with Gasteiger partial charge in [-0.15, -0.1) is 0 Å². The Kier molecular flexibility index (Phi) is 8.50. The number of aryl methyl sites for hydroxylation is 1. The lowest BCUT2D eigenvalue weighted by Gasteiger charge is -2.16. The van der Waals surface area contributed by atoms with E-state index in [1.54, 1.807) is 10.7 Å². The molecule has 2 amide bonds. The molecule has 0 spiro atoms. The Morgan fingerprint density at radius 3 is 2.58 bits per heavy atom. The number of hydrogen-bond donors (Lipinski definition) is 3. The highest BCUT2D eigenvalue weighted by Gasteiger charge is 2.17. The molecule has 33 heavy (non-hydrogen) atoms. The van der Waals surface area contributed by atoms with Gasteiger partial charge in [0.15, 0.2) is 11.6 Å². The second-order valence-electron chi connectivity index (χ2n) is 7.74. The van der Waals surface area contributed by atoms with E-state index in [2.05, 4.69) is 43.2 Å². The summed E-state index contributed by atoms with van der Waals surface area (Å²) in [6, 6.07) is 8.50. The van der Waals surface area contributed by atoms with Crippen LogP contribution in [0.3, 0.4) is 0 Å². The predicted octanol–water partition coefficient (Wildman–Crippen LogP) is 4.84. The molecule has 3 rings (SSSR count). The van der Waals surface area contributed by atoms with Crippen LogP contribution < -0.4 is 15.4 Å². The van der Waals surface area contributed by atoms with Gasteiger partial charge in [-0.25, -0.2) is 9.18 Å². The quantitative estimate of drug-likeness (QED) is 0.196. The normalized spacial score (nSPS) is 11.0. The average Bonchev–Trinajstić information content (AvgIpc) is 3.14. The predicted molar refractivity (Wildman–Crippen MR) is 136 cm³/mol. The number of aromatic nitrogens is 2. The zero-order valence-corrected chi connectivity index (χ0v) is 20.9. The van der Waals surface area contributed by atoms with E-state index in [0.717, 1.165) is 46.3 Å². The first-order valence-electron chi connectivity index (χ1n) is 10.3. The molecule has 0 aliphatic carbocycles. The van der Waals surface area contributed by atoms with Crippen molar-refractivity contribution < 1.29 is 19.0 Å². The number of nitrogens with zero attached hydrogens (tertiary/aromatic N) is 3. The van der Waals surface area contributed by atoms with Crippen molar-refractivity contribution in [2.75, 3.05) is 37.9 Å². The lowest BCUT2D eigenvalue weighted by atomic mass is 10.1. The van der Waals surface area contributed by atoms with Crippen LogP contribution in [0.25, 0.3) is 11.3 Å². The van der Waals surface area contributed by atoms with Crippen molar-refractivity contribution in [3.63, 3.8) is 0 Å². The fourth-order valence-electron chi connectivity index (χ4n) is 3.29. The zero-order chi connectivity index (χ0) is 24.0. The van der Waals surface area contributed by atoms with E-state index in [0.29, 0.717) is 18.0 Å². The maximum absolute atomic E-state index is 13.2. The number of carbonyl (C=O) groups excluding carboxylic acids is 1. The number of nitrogens with one attached hydrogen (secondary N) is 2. The van der Waals surface area contributed by atoms with E-state index < -0.39 is 17.6 Å². The van der Waals surface area contributed by atoms with Crippen LogP contribution in [-0.2, 0) is 11.5 Å². The van der Waals surface area contributed by atoms with Gasteiger partial charge in [0.05, 0.1) is 18.5 Å². The number of anilines is 2. The lowest BCUT2D eigenvalue weighted by Crippen LogP contribution is -2.19. The van der Waals surface area contributed by atoms with Gasteiger partial charge in [0, 0.05) is 46.6 Å². The fourth-order valence-corrected chi connectivity index (χ4v) is 3.85. The Morgan fingerprint density at radius 2 is 1.91 bits per heavy atom. The second-order valence-corrected chi connectivity index (χ2v) is 8.50. The fraction of sp³-hybridized carbons (Fsp3) is 0.304. The van der Waals surface area contributed by atoms with Crippen LogP contribution in [-0.4, -0.2) is 53.1 Å². The number of rotatable bonds is 9. The lowest BCUT2D eigenvalue weighted by molar-refractivity contribution is 0.262. The van der Waals surface area contributed by atoms with E-state index in [-0.39, 0.29) is 5.69 Å². The molecule has 0 atom stereocenters. The Bertz CT molecular complexity index is 1120. The number of amides is 2. The summed E-state index contributed by atoms with van der Waals surface area (Å²) in [6.45, 7) is 1.47. The third-order valence-corrected chi connectivity index (χ3v) is 5.68. The first kappa shape index (κ1) is 24.8. The van der Waals surface area contributed by atoms with Crippen molar-refractivity contribution in [1.82, 2.24) is 14.7 Å². The van der Waals surface area contributed by atoms with Crippen LogP contribution in [0.5, 0.6) is 11.5 Å². The molecular weight excluding hydrogens is 540 g/mol. The summed E-state index contributed by atoms with van der Waals surface area (Å²) in [5.74, 6) is -0.583. The van der Waals surface area contributed by atoms with E-state index in [1.165, 1.54) is 6.07 Å². The Morgan fingerprint density at radius 1 is 1.21 bits per heavy atom. The number of benzene rings is 2. The van der Waals surface area contributed by atoms with Crippen LogP contribution in [0.2, 0.25) is 0 Å². The SMILES string of the molecule is CN(C)CCCOc1ccc(NC(=O)Nc2ccc(F)c(O)c2)cc1-c1c(CI)cnn1C. The van der Waals surface area contributed by atoms with E-state index in [1.807, 2.05) is 39.5 Å². The highest BCUT2D eigenvalue weighted by Crippen LogP contribution is 2.35. The minimum absolute atomic E-state index is 0.270. The summed E-state index contributed by atoms with van der Waals surface area (Å²) in [5, 5.41) is 19.2. The van der Waals surface area contributed by atoms with E-state index in [9.17, 15) is 14.3 Å². The van der Waals surface area contributed by atoms with Gasteiger partial charge in [0.2, 0.25) is 0 Å². The van der Waals surface area contributed by atoms with Crippen LogP contribution in [0, 0.1) is 5.82 Å². The Labute approximate surface area is 205 Å². The van der Waals surface area contributed by atoms with Crippen LogP contribution in [0.15, 0.2) is 42.6 Å². The zero-order valence-electron chi connectivity index (χ0n) is 18.7. The molecule has 0 radical (unpaired) electrons. The van der Waals surface area contributed by atoms with Crippen molar-refractivity contribution in [3.8, 4) is 22.8 Å². The maximum Gasteiger partial charge on any atom is 0.323 e. The van der Waals surface area contributed by atoms with E-state index in [4.69, 9.17) is 4.74 Å². The van der Waals surface area contributed by atoms with Crippen molar-refractivity contribution >= 4 is 40.0 Å². The largest absolute Gasteiger partial charge is 0.505 e. The molecule has 3 aromatic rings. The minimum atomic E-state index is -0.756. The topological polar surface area (TPSA) is 91.7 Å². The van der Waals surface area contributed by atoms with Gasteiger partial charge in [-0.2, -0.15) is 5.10 Å². The van der Waals surface area contributed by atoms with Gasteiger partial charge in [0.1, 0.15) is 5.75 Å². The second kappa shape index (κ2) is 11.3. The van der Waals surface area contributed by atoms with E-state index >= 15 is 0 Å². The molecule has 0 saturated heterocycles. The van der Waals surface area contributed by atoms with Crippen LogP contribution in [0.1, 0.15) is 12.0 Å². The molecule has 0 bridgehead atoms. The molecule has 1 aromatic heterocycles. The number of phenols is 1. The Hall–Kier alpha value is -2.86. The molecule has 0 aliphatic rings. The van der Waals surface area contributed by atoms with Gasteiger partial charge < -0.3 is 25.4 Å². The number of carbonyl (C=O) groups is 1. The Balaban J connectivity index is 1.83. The smallest absolute Gasteiger partial charge is 0.323 e. The van der Waals surface area contributed by atoms with Crippen molar-refractivity contribution in [3.05, 3.63) is 54.0 Å². The summed E-state index contributed by atoms with van der Waals surface area (Å²) >= 11 is 2.29. The summed E-state index contributed by atoms with van der Waals surface area (Å²) in [6.07, 6.45) is 2.70. The van der Waals surface area contributed by atoms with Gasteiger partial charge in [0.25, 0.3) is 0 Å². The highest BCUT2D eigenvalue weighted by molar-refractivity contribution is 14.1. The van der Waals surface area contributed by atoms with Crippen molar-refractivity contribution in [2.24, 2.45) is 7.05 Å². The summed E-state index contributed by atoms with van der Waals surface area (Å²) in [5.41, 5.74) is 3.62. The molecule has 176 valence electrons. The third kappa shape index (κ3) is 6.57. The molecule has 0 saturated carbocycles. The van der Waals surface area contributed by atoms with Gasteiger partial charge >= 0.3 is 6.03 Å². The number of ether oxygens (including phenoxy) is 1. The number of alkyl halides is 1. The number of urea groups is 1. The monoisotopic (exact) mass is 567 g/mol. The number of aromatic hydroxyl groups is 1. The number of phenolic OH excluding ortho intramolecular Hbond substituents is 1. The first-order valence-corrected chi connectivity index (χ1v) is 11.9. The number of hydrogen-bond acceptors (Lipinski definition) is 5. The molecule has 3 N–H and O–H groups in total. The minimum Gasteiger partial charge on any atom is -0.505 e. The molecule has 0 aliphatic heterocycles. The molecule has 0 unspecified atom stereocenters. The van der Waals surface area contributed by atoms with Gasteiger partial charge in [-0.05, 0) is 50.8 Å². The molecule has 10 heteroatoms. The number of halogens is 2. The molecule has 1 heterocycles. The van der Waals surface area contributed by atoms with Gasteiger partial charge in [-0.3, -0.25) is 4.68 Å². The molecular formula is C23H27FIN5O3. The highest BCUT2D eigenvalue weighted by atomic mass is 127. The van der Waals surface area contributed by atoms with Crippen LogP contribution >= 0.6 is 22.6 Å². The third-order valence-electron chi connectivity index (χ3n) is 4.86. The van der Waals surface area contributed by atoms with Crippen molar-refractivity contribution in [2.45, 2.75) is 10.8 Å². The van der Waals surface area contributed by atoms with Crippen molar-refractivity contribution in [1.29, 1.82) is 0 Å². The summed E-state index contributed by atoms with van der Waals surface area (Å²) in [4.78, 5) is 14.6. The van der Waals surface area contributed by atoms with Crippen LogP contribution in [0.4, 0.5) is 20.6 Å². The standard InChI is InChI=1S/C23H27FIN5O3/c1-29(2)9-4-10-33-21-8-6-16(11-18(21)22-15(13-25)14-26-30(22)3)27-23(32)28-17-5-7-19(24)20(31)12-17/h5-8,11-12,14,31H,4,9-10,13H2,1-3H3,(H2,27,28,32). The van der Waals surface area contributed by atoms with Gasteiger partial charge in [-0.1, -0.05) is 22.6 Å². The molecule has 8 nitrogen and oxygen atoms in total. The maximum atomic E-state index is 13.2. The first-order chi connectivity index (χ1) is 15.8. The summed E-state index contributed by atoms with van der Waals surface area (Å²) < 4.78 is 21.9. The molecule has 0 fully saturated rings. The average molecular weight is 567 g/mol. The molecule has 2 aromatic carbocycles. The summed E-state index contributed by atoms with van der Waals surface area (Å²) in [7, 11) is 5.91.